The first-order valence-electron chi connectivity index (χ1n) is 5.81. The van der Waals surface area contributed by atoms with Gasteiger partial charge in [0.2, 0.25) is 0 Å². The lowest BCUT2D eigenvalue weighted by atomic mass is 10.1. The van der Waals surface area contributed by atoms with Gasteiger partial charge in [0.1, 0.15) is 18.1 Å². The quantitative estimate of drug-likeness (QED) is 0.839. The van der Waals surface area contributed by atoms with Crippen molar-refractivity contribution in [3.63, 3.8) is 0 Å². The van der Waals surface area contributed by atoms with Gasteiger partial charge in [-0.1, -0.05) is 12.1 Å². The van der Waals surface area contributed by atoms with Crippen LogP contribution in [0.4, 0.5) is 5.69 Å². The first kappa shape index (κ1) is 12.3. The highest BCUT2D eigenvalue weighted by Crippen LogP contribution is 2.19. The molecule has 0 aliphatic heterocycles. The summed E-state index contributed by atoms with van der Waals surface area (Å²) in [6, 6.07) is 13.5. The van der Waals surface area contributed by atoms with E-state index >= 15 is 0 Å². The number of nitrogen functional groups attached to an aromatic ring is 1. The molecular weight excluding hydrogens is 226 g/mol. The van der Waals surface area contributed by atoms with E-state index in [1.807, 2.05) is 49.4 Å². The molecule has 2 rings (SSSR count). The Labute approximate surface area is 107 Å². The highest BCUT2D eigenvalue weighted by atomic mass is 16.5. The Morgan fingerprint density at radius 1 is 1.00 bits per heavy atom. The molecule has 0 saturated heterocycles. The fraction of sp³-hybridized carbons (Fsp3) is 0.200. The molecular formula is C15H17NO2. The minimum Gasteiger partial charge on any atom is -0.497 e. The van der Waals surface area contributed by atoms with Gasteiger partial charge in [-0.2, -0.15) is 0 Å². The van der Waals surface area contributed by atoms with Gasteiger partial charge in [-0.05, 0) is 48.4 Å². The second-order valence-electron chi connectivity index (χ2n) is 4.16. The third kappa shape index (κ3) is 2.94. The van der Waals surface area contributed by atoms with Gasteiger partial charge in [0.05, 0.1) is 7.11 Å². The number of aryl methyl sites for hydroxylation is 1. The van der Waals surface area contributed by atoms with Crippen LogP contribution >= 0.6 is 0 Å². The van der Waals surface area contributed by atoms with Crippen molar-refractivity contribution in [2.75, 3.05) is 12.8 Å². The number of hydrogen-bond acceptors (Lipinski definition) is 3. The summed E-state index contributed by atoms with van der Waals surface area (Å²) in [4.78, 5) is 0. The second kappa shape index (κ2) is 5.45. The number of nitrogens with two attached hydrogens (primary N) is 1. The lowest BCUT2D eigenvalue weighted by molar-refractivity contribution is 0.305. The highest BCUT2D eigenvalue weighted by molar-refractivity contribution is 5.47. The molecule has 18 heavy (non-hydrogen) atoms. The lowest BCUT2D eigenvalue weighted by Gasteiger charge is -2.08. The van der Waals surface area contributed by atoms with Crippen LogP contribution in [0.15, 0.2) is 42.5 Å². The van der Waals surface area contributed by atoms with Gasteiger partial charge in [-0.25, -0.2) is 0 Å². The maximum absolute atomic E-state index is 5.77. The van der Waals surface area contributed by atoms with E-state index < -0.39 is 0 Å². The van der Waals surface area contributed by atoms with Gasteiger partial charge in [0.25, 0.3) is 0 Å². The van der Waals surface area contributed by atoms with Crippen molar-refractivity contribution in [3.8, 4) is 11.5 Å². The van der Waals surface area contributed by atoms with E-state index in [-0.39, 0.29) is 0 Å². The SMILES string of the molecule is COc1ccc(OCc2ccc(N)c(C)c2)cc1. The zero-order valence-electron chi connectivity index (χ0n) is 10.6. The van der Waals surface area contributed by atoms with E-state index in [0.717, 1.165) is 28.3 Å². The Balaban J connectivity index is 1.99. The number of ether oxygens (including phenoxy) is 2. The fourth-order valence-corrected chi connectivity index (χ4v) is 1.67. The fourth-order valence-electron chi connectivity index (χ4n) is 1.67. The Kier molecular flexibility index (Phi) is 3.72. The van der Waals surface area contributed by atoms with Gasteiger partial charge in [0, 0.05) is 5.69 Å². The molecule has 0 saturated carbocycles. The molecule has 3 nitrogen and oxygen atoms in total. The van der Waals surface area contributed by atoms with Crippen LogP contribution in [0.3, 0.4) is 0 Å². The molecule has 0 fully saturated rings. The molecule has 3 heteroatoms. The van der Waals surface area contributed by atoms with Crippen LogP contribution in [0.1, 0.15) is 11.1 Å². The van der Waals surface area contributed by atoms with Crippen LogP contribution in [0.2, 0.25) is 0 Å². The first-order chi connectivity index (χ1) is 8.69. The summed E-state index contributed by atoms with van der Waals surface area (Å²) in [5.74, 6) is 1.65. The number of methoxy groups -OCH3 is 1. The molecule has 0 aromatic heterocycles. The van der Waals surface area contributed by atoms with Crippen LogP contribution < -0.4 is 15.2 Å². The Bertz CT molecular complexity index is 521. The molecule has 94 valence electrons. The summed E-state index contributed by atoms with van der Waals surface area (Å²) < 4.78 is 10.8. The van der Waals surface area contributed by atoms with E-state index in [1.165, 1.54) is 0 Å². The van der Waals surface area contributed by atoms with Gasteiger partial charge in [-0.3, -0.25) is 0 Å². The number of anilines is 1. The summed E-state index contributed by atoms with van der Waals surface area (Å²) in [5.41, 5.74) is 8.77. The van der Waals surface area contributed by atoms with Crippen LogP contribution in [-0.4, -0.2) is 7.11 Å². The smallest absolute Gasteiger partial charge is 0.120 e. The van der Waals surface area contributed by atoms with Crippen molar-refractivity contribution in [3.05, 3.63) is 53.6 Å². The van der Waals surface area contributed by atoms with Crippen molar-refractivity contribution >= 4 is 5.69 Å². The molecule has 2 aromatic rings. The molecule has 0 spiro atoms. The van der Waals surface area contributed by atoms with Gasteiger partial charge in [0.15, 0.2) is 0 Å². The molecule has 0 aliphatic rings. The summed E-state index contributed by atoms with van der Waals surface area (Å²) in [5, 5.41) is 0. The van der Waals surface area contributed by atoms with Crippen molar-refractivity contribution in [1.29, 1.82) is 0 Å². The number of rotatable bonds is 4. The topological polar surface area (TPSA) is 44.5 Å². The largest absolute Gasteiger partial charge is 0.497 e. The normalized spacial score (nSPS) is 10.1. The third-order valence-electron chi connectivity index (χ3n) is 2.80. The van der Waals surface area contributed by atoms with Crippen molar-refractivity contribution < 1.29 is 9.47 Å². The zero-order chi connectivity index (χ0) is 13.0. The lowest BCUT2D eigenvalue weighted by Crippen LogP contribution is -1.97. The van der Waals surface area contributed by atoms with Gasteiger partial charge >= 0.3 is 0 Å². The van der Waals surface area contributed by atoms with Gasteiger partial charge in [-0.15, -0.1) is 0 Å². The predicted molar refractivity (Wildman–Crippen MR) is 72.9 cm³/mol. The molecule has 0 atom stereocenters. The number of hydrogen-bond donors (Lipinski definition) is 1. The Morgan fingerprint density at radius 3 is 2.28 bits per heavy atom. The average Bonchev–Trinajstić information content (AvgIpc) is 2.41. The summed E-state index contributed by atoms with van der Waals surface area (Å²) >= 11 is 0. The first-order valence-corrected chi connectivity index (χ1v) is 5.81. The van der Waals surface area contributed by atoms with Crippen LogP contribution in [0.5, 0.6) is 11.5 Å². The molecule has 2 N–H and O–H groups in total. The Hall–Kier alpha value is -2.16. The summed E-state index contributed by atoms with van der Waals surface area (Å²) in [7, 11) is 1.65. The average molecular weight is 243 g/mol. The minimum absolute atomic E-state index is 0.535. The van der Waals surface area contributed by atoms with Crippen LogP contribution in [0, 0.1) is 6.92 Å². The van der Waals surface area contributed by atoms with Crippen molar-refractivity contribution in [2.24, 2.45) is 0 Å². The molecule has 0 bridgehead atoms. The summed E-state index contributed by atoms with van der Waals surface area (Å²) in [6.07, 6.45) is 0. The maximum atomic E-state index is 5.77. The van der Waals surface area contributed by atoms with E-state index in [2.05, 4.69) is 0 Å². The van der Waals surface area contributed by atoms with E-state index in [1.54, 1.807) is 7.11 Å². The molecule has 0 unspecified atom stereocenters. The molecule has 0 heterocycles. The van der Waals surface area contributed by atoms with Crippen LogP contribution in [0.25, 0.3) is 0 Å². The second-order valence-corrected chi connectivity index (χ2v) is 4.16. The maximum Gasteiger partial charge on any atom is 0.120 e. The molecule has 0 radical (unpaired) electrons. The van der Waals surface area contributed by atoms with E-state index in [4.69, 9.17) is 15.2 Å². The monoisotopic (exact) mass is 243 g/mol. The van der Waals surface area contributed by atoms with E-state index in [9.17, 15) is 0 Å². The minimum atomic E-state index is 0.535. The highest BCUT2D eigenvalue weighted by Gasteiger charge is 1.99. The van der Waals surface area contributed by atoms with E-state index in [0.29, 0.717) is 6.61 Å². The molecule has 0 amide bonds. The van der Waals surface area contributed by atoms with Gasteiger partial charge < -0.3 is 15.2 Å². The zero-order valence-corrected chi connectivity index (χ0v) is 10.6. The molecule has 0 aliphatic carbocycles. The summed E-state index contributed by atoms with van der Waals surface area (Å²) in [6.45, 7) is 2.53. The number of benzene rings is 2. The molecule has 2 aromatic carbocycles. The predicted octanol–water partition coefficient (Wildman–Crippen LogP) is 3.16. The van der Waals surface area contributed by atoms with Crippen molar-refractivity contribution in [1.82, 2.24) is 0 Å². The van der Waals surface area contributed by atoms with Crippen molar-refractivity contribution in [2.45, 2.75) is 13.5 Å². The Morgan fingerprint density at radius 2 is 1.67 bits per heavy atom. The standard InChI is InChI=1S/C15H17NO2/c1-11-9-12(3-8-15(11)16)10-18-14-6-4-13(17-2)5-7-14/h3-9H,10,16H2,1-2H3. The third-order valence-corrected chi connectivity index (χ3v) is 2.80. The van der Waals surface area contributed by atoms with Crippen LogP contribution in [-0.2, 0) is 6.61 Å².